The van der Waals surface area contributed by atoms with Crippen molar-refractivity contribution < 1.29 is 0 Å². The first-order chi connectivity index (χ1) is 12.1. The number of rotatable bonds is 3. The zero-order valence-electron chi connectivity index (χ0n) is 14.8. The second kappa shape index (κ2) is 6.44. The number of pyridine rings is 1. The molecule has 1 saturated heterocycles. The molecule has 2 N–H and O–H groups in total. The van der Waals surface area contributed by atoms with Gasteiger partial charge in [-0.05, 0) is 51.9 Å². The summed E-state index contributed by atoms with van der Waals surface area (Å²) in [4.78, 5) is 11.9. The van der Waals surface area contributed by atoms with Crippen molar-refractivity contribution in [2.24, 2.45) is 0 Å². The Morgan fingerprint density at radius 3 is 2.64 bits per heavy atom. The summed E-state index contributed by atoms with van der Waals surface area (Å²) in [6, 6.07) is 10.2. The average Bonchev–Trinajstić information content (AvgIpc) is 2.96. The van der Waals surface area contributed by atoms with Crippen LogP contribution in [0.2, 0.25) is 0 Å². The predicted molar refractivity (Wildman–Crippen MR) is 98.4 cm³/mol. The fourth-order valence-corrected chi connectivity index (χ4v) is 3.65. The molecule has 4 rings (SSSR count). The number of likely N-dealkylation sites (tertiary alicyclic amines) is 1. The van der Waals surface area contributed by atoms with E-state index < -0.39 is 0 Å². The number of nitrogens with two attached hydrogens (primary N) is 1. The third-order valence-corrected chi connectivity index (χ3v) is 4.93. The van der Waals surface area contributed by atoms with Crippen LogP contribution in [0.3, 0.4) is 0 Å². The van der Waals surface area contributed by atoms with Crippen LogP contribution in [0.5, 0.6) is 0 Å². The molecular weight excluding hydrogens is 312 g/mol. The van der Waals surface area contributed by atoms with Crippen LogP contribution in [0.1, 0.15) is 41.5 Å². The maximum atomic E-state index is 6.16. The highest BCUT2D eigenvalue weighted by Crippen LogP contribution is 2.29. The monoisotopic (exact) mass is 336 g/mol. The molecule has 0 unspecified atom stereocenters. The molecule has 25 heavy (non-hydrogen) atoms. The summed E-state index contributed by atoms with van der Waals surface area (Å²) in [7, 11) is 0. The van der Waals surface area contributed by atoms with E-state index >= 15 is 0 Å². The minimum Gasteiger partial charge on any atom is -0.384 e. The maximum Gasteiger partial charge on any atom is 0.157 e. The minimum atomic E-state index is 0.462. The lowest BCUT2D eigenvalue weighted by atomic mass is 9.93. The molecule has 6 heteroatoms. The van der Waals surface area contributed by atoms with Gasteiger partial charge in [-0.25, -0.2) is 4.98 Å². The third kappa shape index (κ3) is 3.35. The second-order valence-electron chi connectivity index (χ2n) is 6.98. The topological polar surface area (TPSA) is 72.3 Å². The summed E-state index contributed by atoms with van der Waals surface area (Å²) in [6.07, 6.45) is 2.20. The van der Waals surface area contributed by atoms with Gasteiger partial charge in [-0.2, -0.15) is 9.61 Å². The highest BCUT2D eigenvalue weighted by atomic mass is 15.3. The maximum absolute atomic E-state index is 6.16. The number of nitrogens with zero attached hydrogens (tertiary/aromatic N) is 5. The number of nitrogen functional groups attached to an aromatic ring is 1. The van der Waals surface area contributed by atoms with E-state index in [1.54, 1.807) is 4.52 Å². The van der Waals surface area contributed by atoms with Crippen LogP contribution in [0.4, 0.5) is 5.82 Å². The van der Waals surface area contributed by atoms with E-state index in [0.717, 1.165) is 60.9 Å². The lowest BCUT2D eigenvalue weighted by Crippen LogP contribution is -2.33. The molecule has 6 nitrogen and oxygen atoms in total. The number of piperidine rings is 1. The molecule has 0 bridgehead atoms. The van der Waals surface area contributed by atoms with Gasteiger partial charge in [0.05, 0.1) is 11.4 Å². The van der Waals surface area contributed by atoms with Gasteiger partial charge in [-0.3, -0.25) is 9.88 Å². The van der Waals surface area contributed by atoms with E-state index in [9.17, 15) is 0 Å². The van der Waals surface area contributed by atoms with Crippen LogP contribution in [-0.4, -0.2) is 37.6 Å². The Bertz CT molecular complexity index is 892. The fourth-order valence-electron chi connectivity index (χ4n) is 3.65. The van der Waals surface area contributed by atoms with Crippen LogP contribution in [0, 0.1) is 13.8 Å². The molecule has 130 valence electrons. The van der Waals surface area contributed by atoms with Crippen LogP contribution in [-0.2, 0) is 6.54 Å². The molecule has 3 aromatic rings. The Hall–Kier alpha value is -2.47. The van der Waals surface area contributed by atoms with E-state index in [1.807, 2.05) is 32.0 Å². The van der Waals surface area contributed by atoms with Crippen molar-refractivity contribution in [2.75, 3.05) is 18.8 Å². The molecule has 0 aliphatic carbocycles. The number of fused-ring (bicyclic) bond motifs is 1. The van der Waals surface area contributed by atoms with Crippen LogP contribution >= 0.6 is 0 Å². The summed E-state index contributed by atoms with van der Waals surface area (Å²) in [5, 5.41) is 4.38. The molecule has 0 spiro atoms. The Labute approximate surface area is 147 Å². The molecule has 0 amide bonds. The van der Waals surface area contributed by atoms with Gasteiger partial charge in [-0.1, -0.05) is 6.07 Å². The van der Waals surface area contributed by atoms with Crippen LogP contribution in [0.25, 0.3) is 5.65 Å². The van der Waals surface area contributed by atoms with Gasteiger partial charge < -0.3 is 5.73 Å². The Morgan fingerprint density at radius 2 is 1.88 bits per heavy atom. The first-order valence-corrected chi connectivity index (χ1v) is 8.86. The Kier molecular flexibility index (Phi) is 4.13. The standard InChI is InChI=1S/C19H24N6/c1-13-4-3-5-16(21-13)12-24-8-6-15(7-9-24)17-11-18(20)25-19(22-17)10-14(2)23-25/h3-5,10-11,15H,6-9,12,20H2,1-2H3. The van der Waals surface area contributed by atoms with Gasteiger partial charge in [0.25, 0.3) is 0 Å². The van der Waals surface area contributed by atoms with Crippen molar-refractivity contribution in [1.82, 2.24) is 24.5 Å². The van der Waals surface area contributed by atoms with Crippen molar-refractivity contribution >= 4 is 11.5 Å². The van der Waals surface area contributed by atoms with E-state index in [4.69, 9.17) is 10.7 Å². The molecular formula is C19H24N6. The van der Waals surface area contributed by atoms with Crippen molar-refractivity contribution in [3.05, 3.63) is 53.1 Å². The lowest BCUT2D eigenvalue weighted by Gasteiger charge is -2.31. The van der Waals surface area contributed by atoms with Crippen molar-refractivity contribution in [3.63, 3.8) is 0 Å². The number of anilines is 1. The highest BCUT2D eigenvalue weighted by molar-refractivity contribution is 5.48. The zero-order valence-corrected chi connectivity index (χ0v) is 14.8. The van der Waals surface area contributed by atoms with Crippen LogP contribution in [0.15, 0.2) is 30.3 Å². The molecule has 4 heterocycles. The summed E-state index contributed by atoms with van der Waals surface area (Å²) >= 11 is 0. The van der Waals surface area contributed by atoms with E-state index in [-0.39, 0.29) is 0 Å². The summed E-state index contributed by atoms with van der Waals surface area (Å²) in [5.74, 6) is 1.13. The van der Waals surface area contributed by atoms with Crippen molar-refractivity contribution in [1.29, 1.82) is 0 Å². The number of aromatic nitrogens is 4. The van der Waals surface area contributed by atoms with E-state index in [0.29, 0.717) is 11.7 Å². The number of hydrogen-bond donors (Lipinski definition) is 1. The largest absolute Gasteiger partial charge is 0.384 e. The van der Waals surface area contributed by atoms with Gasteiger partial charge in [0, 0.05) is 36.0 Å². The van der Waals surface area contributed by atoms with E-state index in [1.165, 1.54) is 0 Å². The second-order valence-corrected chi connectivity index (χ2v) is 6.98. The summed E-state index contributed by atoms with van der Waals surface area (Å²) < 4.78 is 1.72. The first-order valence-electron chi connectivity index (χ1n) is 8.86. The third-order valence-electron chi connectivity index (χ3n) is 4.93. The molecule has 1 aliphatic rings. The molecule has 3 aromatic heterocycles. The highest BCUT2D eigenvalue weighted by Gasteiger charge is 2.23. The van der Waals surface area contributed by atoms with Gasteiger partial charge in [0.2, 0.25) is 0 Å². The van der Waals surface area contributed by atoms with Crippen LogP contribution < -0.4 is 5.73 Å². The molecule has 1 fully saturated rings. The molecule has 0 radical (unpaired) electrons. The quantitative estimate of drug-likeness (QED) is 0.796. The number of hydrogen-bond acceptors (Lipinski definition) is 5. The fraction of sp³-hybridized carbons (Fsp3) is 0.421. The normalized spacial score (nSPS) is 16.6. The van der Waals surface area contributed by atoms with Gasteiger partial charge in [-0.15, -0.1) is 0 Å². The predicted octanol–water partition coefficient (Wildman–Crippen LogP) is 2.70. The minimum absolute atomic E-state index is 0.462. The summed E-state index contributed by atoms with van der Waals surface area (Å²) in [6.45, 7) is 7.05. The lowest BCUT2D eigenvalue weighted by molar-refractivity contribution is 0.201. The first kappa shape index (κ1) is 16.0. The molecule has 0 aromatic carbocycles. The zero-order chi connectivity index (χ0) is 17.4. The molecule has 1 aliphatic heterocycles. The average molecular weight is 336 g/mol. The summed E-state index contributed by atoms with van der Waals surface area (Å²) in [5.41, 5.74) is 11.3. The van der Waals surface area contributed by atoms with Crippen molar-refractivity contribution in [3.8, 4) is 0 Å². The van der Waals surface area contributed by atoms with Gasteiger partial charge >= 0.3 is 0 Å². The van der Waals surface area contributed by atoms with E-state index in [2.05, 4.69) is 27.1 Å². The smallest absolute Gasteiger partial charge is 0.157 e. The SMILES string of the molecule is Cc1cccc(CN2CCC(c3cc(N)n4nc(C)cc4n3)CC2)n1. The molecule has 0 saturated carbocycles. The Balaban J connectivity index is 1.45. The number of aryl methyl sites for hydroxylation is 2. The Morgan fingerprint density at radius 1 is 1.08 bits per heavy atom. The van der Waals surface area contributed by atoms with Gasteiger partial charge in [0.1, 0.15) is 5.82 Å². The molecule has 0 atom stereocenters. The van der Waals surface area contributed by atoms with Crippen molar-refractivity contribution in [2.45, 2.75) is 39.2 Å². The van der Waals surface area contributed by atoms with Gasteiger partial charge in [0.15, 0.2) is 5.65 Å².